The van der Waals surface area contributed by atoms with Gasteiger partial charge in [-0.15, -0.1) is 12.4 Å². The second-order valence-electron chi connectivity index (χ2n) is 6.43. The van der Waals surface area contributed by atoms with E-state index in [-0.39, 0.29) is 12.4 Å². The lowest BCUT2D eigenvalue weighted by Crippen LogP contribution is -2.39. The van der Waals surface area contributed by atoms with E-state index in [1.807, 2.05) is 24.5 Å². The molecule has 1 aromatic carbocycles. The van der Waals surface area contributed by atoms with Crippen LogP contribution in [0.5, 0.6) is 0 Å². The lowest BCUT2D eigenvalue weighted by atomic mass is 9.71. The second kappa shape index (κ2) is 7.98. The molecule has 0 aromatic heterocycles. The van der Waals surface area contributed by atoms with E-state index >= 15 is 0 Å². The van der Waals surface area contributed by atoms with E-state index in [1.165, 1.54) is 19.3 Å². The highest BCUT2D eigenvalue weighted by atomic mass is 35.5. The maximum atomic E-state index is 11.5. The molecule has 122 valence electrons. The molecular formula is C18H27ClN2O. The Morgan fingerprint density at radius 1 is 1.14 bits per heavy atom. The van der Waals surface area contributed by atoms with E-state index in [4.69, 9.17) is 0 Å². The third-order valence-corrected chi connectivity index (χ3v) is 5.10. The highest BCUT2D eigenvalue weighted by molar-refractivity contribution is 5.85. The first-order chi connectivity index (χ1) is 10.3. The van der Waals surface area contributed by atoms with E-state index < -0.39 is 5.60 Å². The average Bonchev–Trinajstić information content (AvgIpc) is 3.08. The molecule has 3 rings (SSSR count). The van der Waals surface area contributed by atoms with Crippen molar-refractivity contribution in [2.24, 2.45) is 10.9 Å². The Hall–Kier alpha value is -1.06. The van der Waals surface area contributed by atoms with Crippen molar-refractivity contribution in [3.05, 3.63) is 35.9 Å². The molecule has 1 aromatic rings. The summed E-state index contributed by atoms with van der Waals surface area (Å²) in [5.74, 6) is 0.396. The molecule has 1 aliphatic carbocycles. The van der Waals surface area contributed by atoms with E-state index in [0.717, 1.165) is 44.5 Å². The number of halogens is 1. The van der Waals surface area contributed by atoms with Gasteiger partial charge in [-0.05, 0) is 30.7 Å². The molecule has 1 fully saturated rings. The summed E-state index contributed by atoms with van der Waals surface area (Å²) in [6.45, 7) is 2.79. The molecule has 2 aliphatic rings. The quantitative estimate of drug-likeness (QED) is 0.899. The summed E-state index contributed by atoms with van der Waals surface area (Å²) in [5, 5.41) is 11.5. The van der Waals surface area contributed by atoms with Crippen LogP contribution in [0.25, 0.3) is 0 Å². The lowest BCUT2D eigenvalue weighted by molar-refractivity contribution is -0.0487. The molecule has 3 nitrogen and oxygen atoms in total. The van der Waals surface area contributed by atoms with Gasteiger partial charge in [-0.2, -0.15) is 0 Å². The molecule has 0 radical (unpaired) electrons. The smallest absolute Gasteiger partial charge is 0.0941 e. The zero-order valence-corrected chi connectivity index (χ0v) is 14.0. The molecule has 22 heavy (non-hydrogen) atoms. The van der Waals surface area contributed by atoms with Gasteiger partial charge in [0, 0.05) is 13.1 Å². The minimum absolute atomic E-state index is 0. The van der Waals surface area contributed by atoms with Crippen LogP contribution in [0.2, 0.25) is 0 Å². The zero-order valence-electron chi connectivity index (χ0n) is 13.2. The molecule has 1 unspecified atom stereocenters. The Morgan fingerprint density at radius 3 is 2.50 bits per heavy atom. The first-order valence-corrected chi connectivity index (χ1v) is 8.31. The van der Waals surface area contributed by atoms with E-state index in [2.05, 4.69) is 22.0 Å². The van der Waals surface area contributed by atoms with Crippen molar-refractivity contribution < 1.29 is 5.11 Å². The molecule has 4 heteroatoms. The highest BCUT2D eigenvalue weighted by Gasteiger charge is 2.38. The van der Waals surface area contributed by atoms with E-state index in [9.17, 15) is 5.11 Å². The van der Waals surface area contributed by atoms with Gasteiger partial charge in [-0.25, -0.2) is 0 Å². The predicted molar refractivity (Wildman–Crippen MR) is 93.7 cm³/mol. The normalized spacial score (nSPS) is 21.4. The molecule has 1 N–H and O–H groups in total. The maximum Gasteiger partial charge on any atom is 0.0941 e. The van der Waals surface area contributed by atoms with Crippen molar-refractivity contribution in [3.8, 4) is 0 Å². The number of benzene rings is 1. The van der Waals surface area contributed by atoms with Gasteiger partial charge in [0.2, 0.25) is 0 Å². The third-order valence-electron chi connectivity index (χ3n) is 5.10. The minimum atomic E-state index is -0.682. The predicted octanol–water partition coefficient (Wildman–Crippen LogP) is 3.61. The number of rotatable bonds is 5. The summed E-state index contributed by atoms with van der Waals surface area (Å²) in [6, 6.07) is 10.3. The fraction of sp³-hybridized carbons (Fsp3) is 0.611. The second-order valence-corrected chi connectivity index (χ2v) is 6.43. The van der Waals surface area contributed by atoms with Crippen molar-refractivity contribution in [1.29, 1.82) is 0 Å². The molecule has 1 saturated carbocycles. The maximum absolute atomic E-state index is 11.5. The summed E-state index contributed by atoms with van der Waals surface area (Å²) >= 11 is 0. The molecule has 1 atom stereocenters. The Kier molecular flexibility index (Phi) is 6.27. The van der Waals surface area contributed by atoms with Crippen LogP contribution >= 0.6 is 12.4 Å². The number of hydrogen-bond donors (Lipinski definition) is 1. The summed E-state index contributed by atoms with van der Waals surface area (Å²) in [4.78, 5) is 6.50. The third kappa shape index (κ3) is 3.82. The number of nitrogens with zero attached hydrogens (tertiary/aromatic N) is 2. The summed E-state index contributed by atoms with van der Waals surface area (Å²) in [5.41, 5.74) is 0.408. The van der Waals surface area contributed by atoms with Crippen LogP contribution in [0.4, 0.5) is 0 Å². The van der Waals surface area contributed by atoms with Gasteiger partial charge in [-0.3, -0.25) is 4.99 Å². The fourth-order valence-corrected chi connectivity index (χ4v) is 3.79. The molecular weight excluding hydrogens is 296 g/mol. The van der Waals surface area contributed by atoms with Gasteiger partial charge < -0.3 is 10.0 Å². The van der Waals surface area contributed by atoms with Crippen molar-refractivity contribution in [3.63, 3.8) is 0 Å². The first kappa shape index (κ1) is 17.3. The van der Waals surface area contributed by atoms with Crippen LogP contribution in [0, 0.1) is 5.92 Å². The van der Waals surface area contributed by atoms with Gasteiger partial charge in [0.25, 0.3) is 0 Å². The van der Waals surface area contributed by atoms with Crippen LogP contribution in [-0.4, -0.2) is 36.0 Å². The Bertz CT molecular complexity index is 473. The SMILES string of the molecule is Cl.OC(CCN1C=NCC1)(c1ccccc1)C1CCCCC1. The van der Waals surface area contributed by atoms with Gasteiger partial charge >= 0.3 is 0 Å². The minimum Gasteiger partial charge on any atom is -0.385 e. The van der Waals surface area contributed by atoms with Crippen LogP contribution < -0.4 is 0 Å². The number of hydrogen-bond acceptors (Lipinski definition) is 3. The van der Waals surface area contributed by atoms with Crippen LogP contribution in [0.1, 0.15) is 44.1 Å². The van der Waals surface area contributed by atoms with E-state index in [0.29, 0.717) is 5.92 Å². The molecule has 0 bridgehead atoms. The Balaban J connectivity index is 0.00000176. The molecule has 0 amide bonds. The highest BCUT2D eigenvalue weighted by Crippen LogP contribution is 2.41. The summed E-state index contributed by atoms with van der Waals surface area (Å²) in [7, 11) is 0. The zero-order chi connectivity index (χ0) is 14.5. The topological polar surface area (TPSA) is 35.8 Å². The largest absolute Gasteiger partial charge is 0.385 e. The Labute approximate surface area is 139 Å². The number of aliphatic hydroxyl groups is 1. The van der Waals surface area contributed by atoms with Gasteiger partial charge in [0.15, 0.2) is 0 Å². The fourth-order valence-electron chi connectivity index (χ4n) is 3.79. The Morgan fingerprint density at radius 2 is 1.86 bits per heavy atom. The van der Waals surface area contributed by atoms with Crippen molar-refractivity contribution >= 4 is 18.7 Å². The lowest BCUT2D eigenvalue weighted by Gasteiger charge is -2.40. The van der Waals surface area contributed by atoms with Crippen LogP contribution in [0.3, 0.4) is 0 Å². The van der Waals surface area contributed by atoms with Crippen molar-refractivity contribution in [2.75, 3.05) is 19.6 Å². The van der Waals surface area contributed by atoms with Gasteiger partial charge in [0.1, 0.15) is 0 Å². The molecule has 0 spiro atoms. The molecule has 1 heterocycles. The molecule has 0 saturated heterocycles. The monoisotopic (exact) mass is 322 g/mol. The van der Waals surface area contributed by atoms with E-state index in [1.54, 1.807) is 0 Å². The molecule has 1 aliphatic heterocycles. The van der Waals surface area contributed by atoms with Crippen LogP contribution in [0.15, 0.2) is 35.3 Å². The van der Waals surface area contributed by atoms with Crippen molar-refractivity contribution in [2.45, 2.75) is 44.1 Å². The van der Waals surface area contributed by atoms with Crippen molar-refractivity contribution in [1.82, 2.24) is 4.90 Å². The van der Waals surface area contributed by atoms with Gasteiger partial charge in [0.05, 0.1) is 18.5 Å². The standard InChI is InChI=1S/C18H26N2O.ClH/c21-18(16-7-3-1-4-8-16,17-9-5-2-6-10-17)11-13-20-14-12-19-15-20;/h1,3-4,7-8,15,17,21H,2,5-6,9-14H2;1H. The number of aliphatic imine (C=N–C) groups is 1. The summed E-state index contributed by atoms with van der Waals surface area (Å²) in [6.07, 6.45) is 8.87. The van der Waals surface area contributed by atoms with Gasteiger partial charge in [-0.1, -0.05) is 49.6 Å². The summed E-state index contributed by atoms with van der Waals surface area (Å²) < 4.78 is 0. The first-order valence-electron chi connectivity index (χ1n) is 8.31. The van der Waals surface area contributed by atoms with Crippen LogP contribution in [-0.2, 0) is 5.60 Å². The average molecular weight is 323 g/mol.